The number of carbonyl (C=O) groups excluding carboxylic acids is 1. The van der Waals surface area contributed by atoms with Crippen LogP contribution in [0.3, 0.4) is 0 Å². The van der Waals surface area contributed by atoms with Gasteiger partial charge in [0.25, 0.3) is 0 Å². The molecule has 19 heavy (non-hydrogen) atoms. The molecule has 3 heteroatoms. The van der Waals surface area contributed by atoms with Crippen LogP contribution >= 0.6 is 0 Å². The molecule has 0 aromatic heterocycles. The third kappa shape index (κ3) is 2.66. The molecule has 102 valence electrons. The summed E-state index contributed by atoms with van der Waals surface area (Å²) in [4.78, 5) is 11.7. The number of ether oxygens (including phenoxy) is 1. The molecular formula is C16H21NO2. The molecule has 0 heterocycles. The van der Waals surface area contributed by atoms with Gasteiger partial charge in [0.1, 0.15) is 0 Å². The maximum Gasteiger partial charge on any atom is 0.338 e. The lowest BCUT2D eigenvalue weighted by Gasteiger charge is -2.16. The highest BCUT2D eigenvalue weighted by atomic mass is 16.5. The Hall–Kier alpha value is -1.35. The van der Waals surface area contributed by atoms with Crippen LogP contribution in [-0.2, 0) is 11.3 Å². The Bertz CT molecular complexity index is 475. The largest absolute Gasteiger partial charge is 0.465 e. The molecule has 3 rings (SSSR count). The molecule has 0 amide bonds. The number of benzene rings is 1. The van der Waals surface area contributed by atoms with Gasteiger partial charge in [-0.25, -0.2) is 4.79 Å². The van der Waals surface area contributed by atoms with Crippen molar-refractivity contribution in [2.75, 3.05) is 13.7 Å². The van der Waals surface area contributed by atoms with E-state index >= 15 is 0 Å². The van der Waals surface area contributed by atoms with Crippen molar-refractivity contribution < 1.29 is 9.53 Å². The molecule has 0 unspecified atom stereocenters. The Labute approximate surface area is 114 Å². The Morgan fingerprint density at radius 2 is 2.11 bits per heavy atom. The number of carbonyl (C=O) groups is 1. The van der Waals surface area contributed by atoms with Gasteiger partial charge < -0.3 is 10.1 Å². The summed E-state index contributed by atoms with van der Waals surface area (Å²) in [5.74, 6) is 0.719. The number of hydrogen-bond acceptors (Lipinski definition) is 3. The molecule has 0 radical (unpaired) electrons. The van der Waals surface area contributed by atoms with Gasteiger partial charge in [-0.1, -0.05) is 18.2 Å². The fraction of sp³-hybridized carbons (Fsp3) is 0.562. The van der Waals surface area contributed by atoms with Crippen LogP contribution in [-0.4, -0.2) is 19.6 Å². The molecule has 2 aliphatic rings. The van der Waals surface area contributed by atoms with E-state index in [1.165, 1.54) is 32.8 Å². The fourth-order valence-corrected chi connectivity index (χ4v) is 3.02. The highest BCUT2D eigenvalue weighted by Crippen LogP contribution is 2.60. The molecule has 0 atom stereocenters. The average molecular weight is 259 g/mol. The predicted octanol–water partition coefficient (Wildman–Crippen LogP) is 2.75. The van der Waals surface area contributed by atoms with E-state index in [0.29, 0.717) is 11.0 Å². The second-order valence-electron chi connectivity index (χ2n) is 5.89. The monoisotopic (exact) mass is 259 g/mol. The molecule has 0 aliphatic heterocycles. The van der Waals surface area contributed by atoms with Gasteiger partial charge in [0.05, 0.1) is 12.7 Å². The van der Waals surface area contributed by atoms with Crippen molar-refractivity contribution in [3.63, 3.8) is 0 Å². The Kier molecular flexibility index (Phi) is 3.31. The molecule has 0 spiro atoms. The molecule has 0 saturated heterocycles. The third-order valence-corrected chi connectivity index (χ3v) is 4.55. The number of esters is 1. The van der Waals surface area contributed by atoms with Crippen LogP contribution in [0, 0.1) is 11.3 Å². The molecule has 3 nitrogen and oxygen atoms in total. The van der Waals surface area contributed by atoms with Crippen LogP contribution in [0.15, 0.2) is 24.3 Å². The molecule has 1 N–H and O–H groups in total. The van der Waals surface area contributed by atoms with E-state index in [-0.39, 0.29) is 5.97 Å². The number of hydrogen-bond donors (Lipinski definition) is 1. The van der Waals surface area contributed by atoms with Crippen LogP contribution in [0.5, 0.6) is 0 Å². The minimum absolute atomic E-state index is 0.249. The normalized spacial score (nSPS) is 20.1. The molecule has 2 fully saturated rings. The van der Waals surface area contributed by atoms with Crippen molar-refractivity contribution in [3.8, 4) is 0 Å². The first-order valence-electron chi connectivity index (χ1n) is 7.12. The first-order valence-corrected chi connectivity index (χ1v) is 7.12. The maximum atomic E-state index is 11.7. The first kappa shape index (κ1) is 12.7. The standard InChI is InChI=1S/C16H21NO2/c1-19-15(18)14-5-3-2-4-12(14)10-17-11-16(8-9-16)13-6-7-13/h2-5,13,17H,6-11H2,1H3. The minimum atomic E-state index is -0.249. The zero-order chi connectivity index (χ0) is 13.3. The lowest BCUT2D eigenvalue weighted by atomic mass is 10.0. The van der Waals surface area contributed by atoms with E-state index in [9.17, 15) is 4.79 Å². The van der Waals surface area contributed by atoms with E-state index in [1.54, 1.807) is 0 Å². The number of rotatable bonds is 6. The van der Waals surface area contributed by atoms with Gasteiger partial charge in [0.15, 0.2) is 0 Å². The van der Waals surface area contributed by atoms with Crippen LogP contribution in [0.25, 0.3) is 0 Å². The highest BCUT2D eigenvalue weighted by Gasteiger charge is 2.53. The van der Waals surface area contributed by atoms with E-state index in [2.05, 4.69) is 5.32 Å². The van der Waals surface area contributed by atoms with Crippen LogP contribution in [0.1, 0.15) is 41.6 Å². The second-order valence-corrected chi connectivity index (χ2v) is 5.89. The lowest BCUT2D eigenvalue weighted by Crippen LogP contribution is -2.25. The molecule has 1 aromatic rings. The minimum Gasteiger partial charge on any atom is -0.465 e. The van der Waals surface area contributed by atoms with Crippen molar-refractivity contribution in [2.45, 2.75) is 32.2 Å². The van der Waals surface area contributed by atoms with Crippen LogP contribution in [0.4, 0.5) is 0 Å². The first-order chi connectivity index (χ1) is 9.25. The summed E-state index contributed by atoms with van der Waals surface area (Å²) < 4.78 is 4.82. The Morgan fingerprint density at radius 1 is 1.37 bits per heavy atom. The summed E-state index contributed by atoms with van der Waals surface area (Å²) in [5, 5.41) is 3.54. The van der Waals surface area contributed by atoms with E-state index in [0.717, 1.165) is 24.6 Å². The maximum absolute atomic E-state index is 11.7. The van der Waals surface area contributed by atoms with Gasteiger partial charge >= 0.3 is 5.97 Å². The van der Waals surface area contributed by atoms with Gasteiger partial charge in [0, 0.05) is 13.1 Å². The smallest absolute Gasteiger partial charge is 0.338 e. The van der Waals surface area contributed by atoms with E-state index < -0.39 is 0 Å². The SMILES string of the molecule is COC(=O)c1ccccc1CNCC1(C2CC2)CC1. The highest BCUT2D eigenvalue weighted by molar-refractivity contribution is 5.90. The van der Waals surface area contributed by atoms with Gasteiger partial charge in [-0.15, -0.1) is 0 Å². The zero-order valence-electron chi connectivity index (χ0n) is 11.4. The summed E-state index contributed by atoms with van der Waals surface area (Å²) >= 11 is 0. The summed E-state index contributed by atoms with van der Waals surface area (Å²) in [5.41, 5.74) is 2.30. The van der Waals surface area contributed by atoms with Gasteiger partial charge in [-0.05, 0) is 48.6 Å². The Balaban J connectivity index is 1.59. The number of methoxy groups -OCH3 is 1. The molecule has 2 aliphatic carbocycles. The lowest BCUT2D eigenvalue weighted by molar-refractivity contribution is 0.0599. The van der Waals surface area contributed by atoms with Crippen molar-refractivity contribution in [3.05, 3.63) is 35.4 Å². The fourth-order valence-electron chi connectivity index (χ4n) is 3.02. The van der Waals surface area contributed by atoms with Crippen molar-refractivity contribution in [1.82, 2.24) is 5.32 Å². The van der Waals surface area contributed by atoms with Gasteiger partial charge in [-0.2, -0.15) is 0 Å². The summed E-state index contributed by atoms with van der Waals surface area (Å²) in [6, 6.07) is 7.67. The van der Waals surface area contributed by atoms with Crippen molar-refractivity contribution in [1.29, 1.82) is 0 Å². The van der Waals surface area contributed by atoms with Gasteiger partial charge in [-0.3, -0.25) is 0 Å². The van der Waals surface area contributed by atoms with Crippen molar-refractivity contribution in [2.24, 2.45) is 11.3 Å². The Morgan fingerprint density at radius 3 is 2.74 bits per heavy atom. The second kappa shape index (κ2) is 4.97. The molecule has 0 bridgehead atoms. The van der Waals surface area contributed by atoms with Crippen LogP contribution < -0.4 is 5.32 Å². The average Bonchev–Trinajstić information content (AvgIpc) is 3.30. The summed E-state index contributed by atoms with van der Waals surface area (Å²) in [6.07, 6.45) is 5.59. The van der Waals surface area contributed by atoms with Crippen LogP contribution in [0.2, 0.25) is 0 Å². The molecular weight excluding hydrogens is 238 g/mol. The van der Waals surface area contributed by atoms with Crippen molar-refractivity contribution >= 4 is 5.97 Å². The quantitative estimate of drug-likeness (QED) is 0.798. The van der Waals surface area contributed by atoms with E-state index in [4.69, 9.17) is 4.74 Å². The van der Waals surface area contributed by atoms with Gasteiger partial charge in [0.2, 0.25) is 0 Å². The number of nitrogens with one attached hydrogen (secondary N) is 1. The zero-order valence-corrected chi connectivity index (χ0v) is 11.4. The third-order valence-electron chi connectivity index (χ3n) is 4.55. The van der Waals surface area contributed by atoms with E-state index in [1.807, 2.05) is 24.3 Å². The predicted molar refractivity (Wildman–Crippen MR) is 73.9 cm³/mol. The molecule has 2 saturated carbocycles. The molecule has 1 aromatic carbocycles. The summed E-state index contributed by atoms with van der Waals surface area (Å²) in [7, 11) is 1.43. The topological polar surface area (TPSA) is 38.3 Å². The summed E-state index contributed by atoms with van der Waals surface area (Å²) in [6.45, 7) is 1.84.